The molecule has 1 heterocycles. The standard InChI is InChI=1S/C20H30N2O4/c1-20(16-9-12-6-7-13(16)8-12)18(25)22(19(26)21(20)2)11-17(24)14-4-3-5-15(23)10-14/h12-16,23H,3-11H2,1-2H3/t12-,13+,14?,15?,16?,20?/m1/s1. The van der Waals surface area contributed by atoms with Gasteiger partial charge in [0.25, 0.3) is 5.91 Å². The number of amides is 3. The molecule has 0 radical (unpaired) electrons. The molecule has 3 amide bonds. The number of ketones is 1. The number of hydrogen-bond acceptors (Lipinski definition) is 4. The molecular weight excluding hydrogens is 332 g/mol. The van der Waals surface area contributed by atoms with Gasteiger partial charge in [-0.2, -0.15) is 0 Å². The van der Waals surface area contributed by atoms with E-state index in [4.69, 9.17) is 0 Å². The molecule has 6 heteroatoms. The van der Waals surface area contributed by atoms with Gasteiger partial charge in [-0.15, -0.1) is 0 Å². The molecule has 26 heavy (non-hydrogen) atoms. The third-order valence-electron chi connectivity index (χ3n) is 7.77. The molecule has 6 atom stereocenters. The third-order valence-corrected chi connectivity index (χ3v) is 7.77. The number of likely N-dealkylation sites (N-methyl/N-ethyl adjacent to an activating group) is 1. The molecule has 0 spiro atoms. The number of aliphatic hydroxyl groups excluding tert-OH is 1. The van der Waals surface area contributed by atoms with Crippen molar-refractivity contribution in [3.05, 3.63) is 0 Å². The Labute approximate surface area is 154 Å². The fourth-order valence-corrected chi connectivity index (χ4v) is 6.10. The van der Waals surface area contributed by atoms with E-state index in [1.165, 1.54) is 17.7 Å². The van der Waals surface area contributed by atoms with Crippen molar-refractivity contribution < 1.29 is 19.5 Å². The quantitative estimate of drug-likeness (QED) is 0.778. The SMILES string of the molecule is CN1C(=O)N(CC(=O)C2CCCC(O)C2)C(=O)C1(C)C1C[C@@H]2CC[C@H]1C2. The van der Waals surface area contributed by atoms with Gasteiger partial charge in [0.1, 0.15) is 5.54 Å². The van der Waals surface area contributed by atoms with Crippen molar-refractivity contribution in [1.82, 2.24) is 9.80 Å². The third kappa shape index (κ3) is 2.60. The molecule has 144 valence electrons. The van der Waals surface area contributed by atoms with Crippen molar-refractivity contribution in [2.45, 2.75) is 69.9 Å². The van der Waals surface area contributed by atoms with Crippen LogP contribution in [0.25, 0.3) is 0 Å². The number of nitrogens with zero attached hydrogens (tertiary/aromatic N) is 2. The van der Waals surface area contributed by atoms with Gasteiger partial charge >= 0.3 is 6.03 Å². The smallest absolute Gasteiger partial charge is 0.327 e. The number of aliphatic hydroxyl groups is 1. The fraction of sp³-hybridized carbons (Fsp3) is 0.850. The first-order chi connectivity index (χ1) is 12.3. The zero-order chi connectivity index (χ0) is 18.6. The highest BCUT2D eigenvalue weighted by atomic mass is 16.3. The molecule has 3 saturated carbocycles. The van der Waals surface area contributed by atoms with Crippen molar-refractivity contribution in [3.63, 3.8) is 0 Å². The van der Waals surface area contributed by atoms with E-state index in [1.807, 2.05) is 6.92 Å². The maximum atomic E-state index is 13.3. The van der Waals surface area contributed by atoms with Gasteiger partial charge in [-0.3, -0.25) is 14.5 Å². The van der Waals surface area contributed by atoms with Crippen LogP contribution >= 0.6 is 0 Å². The molecule has 3 aliphatic carbocycles. The zero-order valence-electron chi connectivity index (χ0n) is 15.8. The maximum Gasteiger partial charge on any atom is 0.327 e. The topological polar surface area (TPSA) is 77.9 Å². The summed E-state index contributed by atoms with van der Waals surface area (Å²) >= 11 is 0. The summed E-state index contributed by atoms with van der Waals surface area (Å²) in [5.74, 6) is 0.896. The predicted octanol–water partition coefficient (Wildman–Crippen LogP) is 2.20. The van der Waals surface area contributed by atoms with E-state index in [0.717, 1.165) is 32.1 Å². The van der Waals surface area contributed by atoms with Crippen LogP contribution in [0.4, 0.5) is 4.79 Å². The highest BCUT2D eigenvalue weighted by Crippen LogP contribution is 2.54. The van der Waals surface area contributed by atoms with Gasteiger partial charge < -0.3 is 10.0 Å². The minimum atomic E-state index is -0.816. The van der Waals surface area contributed by atoms with E-state index < -0.39 is 11.6 Å². The highest BCUT2D eigenvalue weighted by Gasteiger charge is 2.61. The van der Waals surface area contributed by atoms with E-state index in [-0.39, 0.29) is 36.1 Å². The van der Waals surface area contributed by atoms with Crippen LogP contribution in [0.2, 0.25) is 0 Å². The molecule has 1 N–H and O–H groups in total. The van der Waals surface area contributed by atoms with E-state index >= 15 is 0 Å². The summed E-state index contributed by atoms with van der Waals surface area (Å²) in [6.07, 6.45) is 6.90. The van der Waals surface area contributed by atoms with E-state index in [2.05, 4.69) is 0 Å². The molecule has 0 aromatic heterocycles. The van der Waals surface area contributed by atoms with Crippen molar-refractivity contribution in [3.8, 4) is 0 Å². The molecule has 4 aliphatic rings. The van der Waals surface area contributed by atoms with Gasteiger partial charge in [-0.05, 0) is 63.2 Å². The van der Waals surface area contributed by atoms with Crippen LogP contribution in [0.5, 0.6) is 0 Å². The average Bonchev–Trinajstić information content (AvgIpc) is 3.30. The van der Waals surface area contributed by atoms with Crippen molar-refractivity contribution in [2.75, 3.05) is 13.6 Å². The Morgan fingerprint density at radius 1 is 1.15 bits per heavy atom. The van der Waals surface area contributed by atoms with Crippen LogP contribution in [0.1, 0.15) is 58.3 Å². The molecule has 6 nitrogen and oxygen atoms in total. The van der Waals surface area contributed by atoms with Crippen LogP contribution in [0.15, 0.2) is 0 Å². The zero-order valence-corrected chi connectivity index (χ0v) is 15.8. The molecular formula is C20H30N2O4. The van der Waals surface area contributed by atoms with Gasteiger partial charge in [0.2, 0.25) is 0 Å². The first-order valence-corrected chi connectivity index (χ1v) is 10.1. The van der Waals surface area contributed by atoms with E-state index in [9.17, 15) is 19.5 Å². The van der Waals surface area contributed by atoms with Crippen LogP contribution in [0, 0.1) is 23.7 Å². The monoisotopic (exact) mass is 362 g/mol. The minimum absolute atomic E-state index is 0.0870. The Bertz CT molecular complexity index is 635. The number of rotatable bonds is 4. The lowest BCUT2D eigenvalue weighted by Crippen LogP contribution is -2.53. The summed E-state index contributed by atoms with van der Waals surface area (Å²) in [5.41, 5.74) is -0.816. The number of fused-ring (bicyclic) bond motifs is 2. The predicted molar refractivity (Wildman–Crippen MR) is 95.2 cm³/mol. The number of carbonyl (C=O) groups excluding carboxylic acids is 3. The fourth-order valence-electron chi connectivity index (χ4n) is 6.10. The summed E-state index contributed by atoms with van der Waals surface area (Å²) in [7, 11) is 1.71. The second-order valence-electron chi connectivity index (χ2n) is 9.15. The Morgan fingerprint density at radius 3 is 2.54 bits per heavy atom. The molecule has 0 aromatic rings. The van der Waals surface area contributed by atoms with E-state index in [1.54, 1.807) is 11.9 Å². The van der Waals surface area contributed by atoms with Crippen LogP contribution in [0.3, 0.4) is 0 Å². The van der Waals surface area contributed by atoms with Gasteiger partial charge in [-0.1, -0.05) is 12.8 Å². The average molecular weight is 362 g/mol. The second-order valence-corrected chi connectivity index (χ2v) is 9.15. The summed E-state index contributed by atoms with van der Waals surface area (Å²) in [4.78, 5) is 41.5. The molecule has 4 rings (SSSR count). The van der Waals surface area contributed by atoms with Gasteiger partial charge in [-0.25, -0.2) is 4.79 Å². The van der Waals surface area contributed by atoms with Crippen molar-refractivity contribution >= 4 is 17.7 Å². The summed E-state index contributed by atoms with van der Waals surface area (Å²) in [6.45, 7) is 1.75. The second kappa shape index (κ2) is 6.32. The number of carbonyl (C=O) groups is 3. The molecule has 0 aromatic carbocycles. The summed E-state index contributed by atoms with van der Waals surface area (Å²) in [5, 5.41) is 9.81. The Hall–Kier alpha value is -1.43. The molecule has 4 fully saturated rings. The summed E-state index contributed by atoms with van der Waals surface area (Å²) in [6, 6.07) is -0.343. The van der Waals surface area contributed by atoms with Crippen molar-refractivity contribution in [1.29, 1.82) is 0 Å². The van der Waals surface area contributed by atoms with Crippen LogP contribution < -0.4 is 0 Å². The minimum Gasteiger partial charge on any atom is -0.393 e. The van der Waals surface area contributed by atoms with Crippen molar-refractivity contribution in [2.24, 2.45) is 23.7 Å². The lowest BCUT2D eigenvalue weighted by Gasteiger charge is -2.39. The Kier molecular flexibility index (Phi) is 4.37. The van der Waals surface area contributed by atoms with Crippen LogP contribution in [-0.2, 0) is 9.59 Å². The number of urea groups is 1. The van der Waals surface area contributed by atoms with Crippen LogP contribution in [-0.4, -0.2) is 57.9 Å². The van der Waals surface area contributed by atoms with Gasteiger partial charge in [0, 0.05) is 13.0 Å². The number of imide groups is 1. The number of hydrogen-bond donors (Lipinski definition) is 1. The Balaban J connectivity index is 1.50. The molecule has 1 aliphatic heterocycles. The lowest BCUT2D eigenvalue weighted by molar-refractivity contribution is -0.139. The van der Waals surface area contributed by atoms with Gasteiger partial charge in [0.05, 0.1) is 12.6 Å². The van der Waals surface area contributed by atoms with Gasteiger partial charge in [0.15, 0.2) is 5.78 Å². The lowest BCUT2D eigenvalue weighted by atomic mass is 9.74. The number of Topliss-reactive ketones (excluding diaryl/α,β-unsaturated/α-hetero) is 1. The largest absolute Gasteiger partial charge is 0.393 e. The van der Waals surface area contributed by atoms with E-state index in [0.29, 0.717) is 18.3 Å². The molecule has 2 bridgehead atoms. The normalized spacial score (nSPS) is 42.8. The maximum absolute atomic E-state index is 13.3. The Morgan fingerprint density at radius 2 is 1.92 bits per heavy atom. The molecule has 4 unspecified atom stereocenters. The first-order valence-electron chi connectivity index (χ1n) is 10.1. The molecule has 1 saturated heterocycles. The highest BCUT2D eigenvalue weighted by molar-refractivity contribution is 6.09. The summed E-state index contributed by atoms with van der Waals surface area (Å²) < 4.78 is 0. The first kappa shape index (κ1) is 18.0.